The van der Waals surface area contributed by atoms with Gasteiger partial charge in [0.2, 0.25) is 0 Å². The Morgan fingerprint density at radius 3 is 3.04 bits per heavy atom. The van der Waals surface area contributed by atoms with Crippen molar-refractivity contribution in [3.8, 4) is 10.8 Å². The average Bonchev–Trinajstić information content (AvgIpc) is 3.23. The fourth-order valence-electron chi connectivity index (χ4n) is 2.88. The van der Waals surface area contributed by atoms with Gasteiger partial charge in [-0.3, -0.25) is 4.79 Å². The number of carboxylic acid groups (broad SMARTS) is 1. The molecule has 1 aliphatic heterocycles. The molecule has 8 heteroatoms. The molecule has 1 aliphatic rings. The zero-order chi connectivity index (χ0) is 17.1. The van der Waals surface area contributed by atoms with E-state index in [-0.39, 0.29) is 18.5 Å². The Balaban J connectivity index is 1.56. The maximum atomic E-state index is 12.3. The number of carbonyl (C=O) groups is 2. The first-order valence-corrected chi connectivity index (χ1v) is 8.64. The summed E-state index contributed by atoms with van der Waals surface area (Å²) in [6, 6.07) is 3.39. The summed E-state index contributed by atoms with van der Waals surface area (Å²) in [5.74, 6) is -0.464. The van der Waals surface area contributed by atoms with Crippen LogP contribution in [-0.2, 0) is 11.3 Å². The summed E-state index contributed by atoms with van der Waals surface area (Å²) in [5, 5.41) is 14.6. The van der Waals surface area contributed by atoms with Crippen LogP contribution in [-0.4, -0.2) is 40.1 Å². The Bertz CT molecular complexity index is 713. The number of amides is 2. The van der Waals surface area contributed by atoms with Crippen molar-refractivity contribution in [1.29, 1.82) is 0 Å². The van der Waals surface area contributed by atoms with Gasteiger partial charge in [-0.25, -0.2) is 9.78 Å². The molecule has 2 N–H and O–H groups in total. The number of hydrogen-bond donors (Lipinski definition) is 2. The highest BCUT2D eigenvalue weighted by Gasteiger charge is 2.31. The van der Waals surface area contributed by atoms with E-state index in [1.165, 1.54) is 11.3 Å². The van der Waals surface area contributed by atoms with E-state index in [0.717, 1.165) is 10.7 Å². The molecule has 128 valence electrons. The van der Waals surface area contributed by atoms with Gasteiger partial charge in [-0.1, -0.05) is 6.92 Å². The number of furan rings is 1. The second kappa shape index (κ2) is 7.04. The monoisotopic (exact) mass is 349 g/mol. The molecule has 0 bridgehead atoms. The van der Waals surface area contributed by atoms with Crippen LogP contribution in [0.3, 0.4) is 0 Å². The molecule has 0 radical (unpaired) electrons. The number of likely N-dealkylation sites (tertiary alicyclic amines) is 1. The van der Waals surface area contributed by atoms with E-state index in [2.05, 4.69) is 10.3 Å². The lowest BCUT2D eigenvalue weighted by atomic mass is 9.91. The number of urea groups is 1. The lowest BCUT2D eigenvalue weighted by Gasteiger charge is -2.34. The molecule has 0 spiro atoms. The normalized spacial score (nSPS) is 20.8. The Labute approximate surface area is 143 Å². The number of hydrogen-bond acceptors (Lipinski definition) is 5. The van der Waals surface area contributed by atoms with E-state index in [1.54, 1.807) is 17.2 Å². The van der Waals surface area contributed by atoms with Crippen molar-refractivity contribution in [2.24, 2.45) is 11.8 Å². The summed E-state index contributed by atoms with van der Waals surface area (Å²) >= 11 is 1.45. The zero-order valence-electron chi connectivity index (χ0n) is 13.3. The number of carboxylic acids is 1. The van der Waals surface area contributed by atoms with Crippen molar-refractivity contribution >= 4 is 23.3 Å². The quantitative estimate of drug-likeness (QED) is 0.885. The molecule has 2 unspecified atom stereocenters. The largest absolute Gasteiger partial charge is 0.481 e. The third-order valence-electron chi connectivity index (χ3n) is 4.00. The predicted octanol–water partition coefficient (Wildman–Crippen LogP) is 2.66. The standard InChI is InChI=1S/C16H19N3O4S/c1-10-5-11(15(20)21)8-19(7-10)16(22)17-6-12-9-24-14(18-12)13-3-2-4-23-13/h2-4,9-11H,5-8H2,1H3,(H,17,22)(H,20,21). The lowest BCUT2D eigenvalue weighted by molar-refractivity contribution is -0.143. The van der Waals surface area contributed by atoms with Crippen LogP contribution in [0.5, 0.6) is 0 Å². The third-order valence-corrected chi connectivity index (χ3v) is 4.91. The molecule has 1 saturated heterocycles. The smallest absolute Gasteiger partial charge is 0.317 e. The molecule has 7 nitrogen and oxygen atoms in total. The van der Waals surface area contributed by atoms with Crippen molar-refractivity contribution in [3.05, 3.63) is 29.5 Å². The number of carbonyl (C=O) groups excluding carboxylic acids is 1. The predicted molar refractivity (Wildman–Crippen MR) is 88.5 cm³/mol. The summed E-state index contributed by atoms with van der Waals surface area (Å²) in [6.45, 7) is 3.09. The minimum atomic E-state index is -0.845. The number of aliphatic carboxylic acids is 1. The topological polar surface area (TPSA) is 95.7 Å². The van der Waals surface area contributed by atoms with Gasteiger partial charge in [-0.15, -0.1) is 11.3 Å². The fourth-order valence-corrected chi connectivity index (χ4v) is 3.66. The van der Waals surface area contributed by atoms with Crippen molar-refractivity contribution in [2.45, 2.75) is 19.9 Å². The Morgan fingerprint density at radius 1 is 1.50 bits per heavy atom. The Morgan fingerprint density at radius 2 is 2.33 bits per heavy atom. The van der Waals surface area contributed by atoms with Crippen molar-refractivity contribution < 1.29 is 19.1 Å². The van der Waals surface area contributed by atoms with Crippen molar-refractivity contribution in [1.82, 2.24) is 15.2 Å². The summed E-state index contributed by atoms with van der Waals surface area (Å²) in [5.41, 5.74) is 0.750. The number of aromatic nitrogens is 1. The van der Waals surface area contributed by atoms with E-state index in [1.807, 2.05) is 18.4 Å². The summed E-state index contributed by atoms with van der Waals surface area (Å²) in [7, 11) is 0. The molecule has 24 heavy (non-hydrogen) atoms. The van der Waals surface area contributed by atoms with E-state index in [0.29, 0.717) is 25.3 Å². The minimum absolute atomic E-state index is 0.176. The van der Waals surface area contributed by atoms with Crippen LogP contribution in [0.2, 0.25) is 0 Å². The van der Waals surface area contributed by atoms with Crippen LogP contribution in [0.25, 0.3) is 10.8 Å². The van der Waals surface area contributed by atoms with Crippen LogP contribution < -0.4 is 5.32 Å². The Hall–Kier alpha value is -2.35. The molecule has 2 atom stereocenters. The highest BCUT2D eigenvalue weighted by atomic mass is 32.1. The van der Waals surface area contributed by atoms with Gasteiger partial charge in [0.1, 0.15) is 0 Å². The van der Waals surface area contributed by atoms with Crippen LogP contribution >= 0.6 is 11.3 Å². The molecule has 2 aromatic heterocycles. The van der Waals surface area contributed by atoms with E-state index >= 15 is 0 Å². The number of piperidine rings is 1. The van der Waals surface area contributed by atoms with Gasteiger partial charge in [0.25, 0.3) is 0 Å². The maximum absolute atomic E-state index is 12.3. The highest BCUT2D eigenvalue weighted by Crippen LogP contribution is 2.24. The second-order valence-corrected chi connectivity index (χ2v) is 6.92. The van der Waals surface area contributed by atoms with Gasteiger partial charge in [0, 0.05) is 18.5 Å². The molecule has 2 amide bonds. The van der Waals surface area contributed by atoms with Crippen molar-refractivity contribution in [2.75, 3.05) is 13.1 Å². The molecular formula is C16H19N3O4S. The van der Waals surface area contributed by atoms with Crippen LogP contribution in [0, 0.1) is 11.8 Å². The molecule has 0 saturated carbocycles. The molecule has 1 fully saturated rings. The second-order valence-electron chi connectivity index (χ2n) is 6.06. The van der Waals surface area contributed by atoms with Gasteiger partial charge in [0.05, 0.1) is 24.4 Å². The first kappa shape index (κ1) is 16.5. The van der Waals surface area contributed by atoms with Gasteiger partial charge < -0.3 is 19.7 Å². The van der Waals surface area contributed by atoms with Crippen LogP contribution in [0.4, 0.5) is 4.79 Å². The van der Waals surface area contributed by atoms with Crippen LogP contribution in [0.15, 0.2) is 28.2 Å². The molecule has 2 aromatic rings. The molecular weight excluding hydrogens is 330 g/mol. The summed E-state index contributed by atoms with van der Waals surface area (Å²) < 4.78 is 5.30. The van der Waals surface area contributed by atoms with Gasteiger partial charge in [0.15, 0.2) is 10.8 Å². The van der Waals surface area contributed by atoms with Crippen molar-refractivity contribution in [3.63, 3.8) is 0 Å². The fraction of sp³-hybridized carbons (Fsp3) is 0.438. The minimum Gasteiger partial charge on any atom is -0.481 e. The number of rotatable bonds is 4. The zero-order valence-corrected chi connectivity index (χ0v) is 14.1. The average molecular weight is 349 g/mol. The van der Waals surface area contributed by atoms with Crippen LogP contribution in [0.1, 0.15) is 19.0 Å². The highest BCUT2D eigenvalue weighted by molar-refractivity contribution is 7.13. The summed E-state index contributed by atoms with van der Waals surface area (Å²) in [6.07, 6.45) is 2.20. The SMILES string of the molecule is CC1CC(C(=O)O)CN(C(=O)NCc2csc(-c3ccco3)n2)C1. The van der Waals surface area contributed by atoms with Gasteiger partial charge >= 0.3 is 12.0 Å². The number of thiazole rings is 1. The van der Waals surface area contributed by atoms with Gasteiger partial charge in [-0.2, -0.15) is 0 Å². The first-order chi connectivity index (χ1) is 11.5. The maximum Gasteiger partial charge on any atom is 0.317 e. The molecule has 0 aromatic carbocycles. The Kier molecular flexibility index (Phi) is 4.84. The first-order valence-electron chi connectivity index (χ1n) is 7.76. The molecule has 0 aliphatic carbocycles. The molecule has 3 heterocycles. The number of nitrogens with zero attached hydrogens (tertiary/aromatic N) is 2. The van der Waals surface area contributed by atoms with E-state index < -0.39 is 11.9 Å². The van der Waals surface area contributed by atoms with E-state index in [9.17, 15) is 14.7 Å². The van der Waals surface area contributed by atoms with E-state index in [4.69, 9.17) is 4.42 Å². The van der Waals surface area contributed by atoms with Gasteiger partial charge in [-0.05, 0) is 24.5 Å². The molecule has 3 rings (SSSR count). The lowest BCUT2D eigenvalue weighted by Crippen LogP contribution is -2.49. The summed E-state index contributed by atoms with van der Waals surface area (Å²) in [4.78, 5) is 29.5. The third kappa shape index (κ3) is 3.76. The number of nitrogens with one attached hydrogen (secondary N) is 1.